The molecule has 14 heteroatoms. The van der Waals surface area contributed by atoms with Crippen molar-refractivity contribution >= 4 is 29.1 Å². The average molecular weight is 578 g/mol. The van der Waals surface area contributed by atoms with E-state index in [2.05, 4.69) is 16.2 Å². The number of nitrogens with one attached hydrogen (secondary N) is 4. The summed E-state index contributed by atoms with van der Waals surface area (Å²) in [6.07, 6.45) is -5.08. The number of anilines is 2. The smallest absolute Gasteiger partial charge is 0.490 e. The second-order valence-corrected chi connectivity index (χ2v) is 8.03. The molecule has 0 radical (unpaired) electrons. The van der Waals surface area contributed by atoms with Crippen molar-refractivity contribution in [1.82, 2.24) is 5.43 Å². The summed E-state index contributed by atoms with van der Waals surface area (Å²) in [6.45, 7) is 2.26. The first-order chi connectivity index (χ1) is 19.4. The third-order valence-corrected chi connectivity index (χ3v) is 5.24. The number of rotatable bonds is 11. The number of hydrazine groups is 1. The highest BCUT2D eigenvalue weighted by atomic mass is 19.4. The Morgan fingerprint density at radius 2 is 1.51 bits per heavy atom. The molecular formula is C27H30F3N5O6. The van der Waals surface area contributed by atoms with Crippen molar-refractivity contribution in [3.05, 3.63) is 77.9 Å². The fourth-order valence-electron chi connectivity index (χ4n) is 3.31. The van der Waals surface area contributed by atoms with Gasteiger partial charge in [0.15, 0.2) is 11.5 Å². The van der Waals surface area contributed by atoms with E-state index in [9.17, 15) is 18.0 Å². The van der Waals surface area contributed by atoms with Crippen LogP contribution in [0.4, 0.5) is 24.5 Å². The minimum Gasteiger partial charge on any atom is -0.493 e. The Hall–Kier alpha value is -5.14. The van der Waals surface area contributed by atoms with Crippen LogP contribution in [0.5, 0.6) is 17.2 Å². The fourth-order valence-corrected chi connectivity index (χ4v) is 3.31. The number of halogens is 3. The summed E-state index contributed by atoms with van der Waals surface area (Å²) in [5.74, 6) is -1.72. The van der Waals surface area contributed by atoms with Gasteiger partial charge in [0, 0.05) is 22.9 Å². The Morgan fingerprint density at radius 3 is 2.00 bits per heavy atom. The highest BCUT2D eigenvalue weighted by Gasteiger charge is 2.38. The van der Waals surface area contributed by atoms with E-state index in [0.29, 0.717) is 40.7 Å². The molecule has 0 fully saturated rings. The summed E-state index contributed by atoms with van der Waals surface area (Å²) in [4.78, 5) is 22.3. The molecular weight excluding hydrogens is 547 g/mol. The molecule has 0 saturated heterocycles. The van der Waals surface area contributed by atoms with Crippen molar-refractivity contribution in [3.63, 3.8) is 0 Å². The Labute approximate surface area is 233 Å². The molecule has 11 nitrogen and oxygen atoms in total. The average Bonchev–Trinajstić information content (AvgIpc) is 2.95. The molecule has 41 heavy (non-hydrogen) atoms. The molecule has 0 spiro atoms. The molecule has 7 N–H and O–H groups in total. The van der Waals surface area contributed by atoms with E-state index in [1.807, 2.05) is 37.3 Å². The molecule has 0 aromatic heterocycles. The summed E-state index contributed by atoms with van der Waals surface area (Å²) in [5.41, 5.74) is 13.8. The number of aliphatic carboxylic acids is 1. The number of nitrogens with two attached hydrogens (primary N) is 1. The highest BCUT2D eigenvalue weighted by molar-refractivity contribution is 5.95. The lowest BCUT2D eigenvalue weighted by atomic mass is 10.0. The molecule has 0 bridgehead atoms. The number of methoxy groups -OCH3 is 2. The molecule has 220 valence electrons. The van der Waals surface area contributed by atoms with Crippen LogP contribution in [0.15, 0.2) is 66.7 Å². The summed E-state index contributed by atoms with van der Waals surface area (Å²) in [5, 5.41) is 18.0. The van der Waals surface area contributed by atoms with Crippen LogP contribution in [0.3, 0.4) is 0 Å². The van der Waals surface area contributed by atoms with Crippen LogP contribution in [-0.2, 0) is 9.59 Å². The number of alkyl halides is 3. The number of carboxylic acids is 1. The standard InChI is InChI=1S/C25H29N5O4.C2HF3O2/c1-4-34-20-15-22(33-3)21(32-2)14-19(20)23(25(31)30-29-18-8-6-5-7-9-18)28-17-12-10-16(11-13-17)24(26)27;3-2(4,5)1(6)7/h5-15,23,28-29H,4H2,1-3H3,(H3,26,27)(H,30,31);(H,6,7). The largest absolute Gasteiger partial charge is 0.493 e. The van der Waals surface area contributed by atoms with E-state index < -0.39 is 18.2 Å². The van der Waals surface area contributed by atoms with Crippen molar-refractivity contribution in [2.24, 2.45) is 5.73 Å². The monoisotopic (exact) mass is 577 g/mol. The zero-order valence-electron chi connectivity index (χ0n) is 22.3. The van der Waals surface area contributed by atoms with Gasteiger partial charge in [0.2, 0.25) is 0 Å². The normalized spacial score (nSPS) is 11.2. The summed E-state index contributed by atoms with van der Waals surface area (Å²) in [6, 6.07) is 18.8. The molecule has 0 heterocycles. The maximum Gasteiger partial charge on any atom is 0.490 e. The number of hydrogen-bond donors (Lipinski definition) is 6. The Bertz CT molecular complexity index is 1320. The van der Waals surface area contributed by atoms with Gasteiger partial charge in [-0.05, 0) is 49.4 Å². The number of nitrogen functional groups attached to an aromatic ring is 1. The SMILES string of the molecule is CCOc1cc(OC)c(OC)cc1C(Nc1ccc(C(=N)N)cc1)C(=O)NNc1ccccc1.O=C(O)C(F)(F)F. The van der Waals surface area contributed by atoms with Crippen molar-refractivity contribution in [2.45, 2.75) is 19.1 Å². The van der Waals surface area contributed by atoms with Crippen LogP contribution in [-0.4, -0.2) is 49.8 Å². The van der Waals surface area contributed by atoms with E-state index in [-0.39, 0.29) is 11.7 Å². The van der Waals surface area contributed by atoms with Gasteiger partial charge in [-0.15, -0.1) is 0 Å². The van der Waals surface area contributed by atoms with Crippen LogP contribution >= 0.6 is 0 Å². The molecule has 1 unspecified atom stereocenters. The maximum absolute atomic E-state index is 13.4. The highest BCUT2D eigenvalue weighted by Crippen LogP contribution is 2.39. The Balaban J connectivity index is 0.000000745. The molecule has 0 aliphatic heterocycles. The predicted octanol–water partition coefficient (Wildman–Crippen LogP) is 4.32. The zero-order valence-corrected chi connectivity index (χ0v) is 22.3. The van der Waals surface area contributed by atoms with Crippen molar-refractivity contribution in [2.75, 3.05) is 31.6 Å². The number of amides is 1. The van der Waals surface area contributed by atoms with Gasteiger partial charge in [-0.2, -0.15) is 13.2 Å². The molecule has 3 aromatic rings. The van der Waals surface area contributed by atoms with Crippen LogP contribution < -0.4 is 36.1 Å². The van der Waals surface area contributed by atoms with Crippen LogP contribution in [0, 0.1) is 5.41 Å². The lowest BCUT2D eigenvalue weighted by molar-refractivity contribution is -0.192. The number of amidine groups is 1. The number of para-hydroxylation sites is 1. The molecule has 0 saturated carbocycles. The van der Waals surface area contributed by atoms with Gasteiger partial charge in [-0.3, -0.25) is 21.1 Å². The lowest BCUT2D eigenvalue weighted by Gasteiger charge is -2.24. The van der Waals surface area contributed by atoms with Crippen LogP contribution in [0.25, 0.3) is 0 Å². The maximum atomic E-state index is 13.4. The summed E-state index contributed by atoms with van der Waals surface area (Å²) >= 11 is 0. The Morgan fingerprint density at radius 1 is 0.951 bits per heavy atom. The number of carbonyl (C=O) groups excluding carboxylic acids is 1. The molecule has 0 aliphatic carbocycles. The third kappa shape index (κ3) is 9.53. The van der Waals surface area contributed by atoms with E-state index in [1.54, 1.807) is 36.4 Å². The molecule has 3 rings (SSSR count). The first-order valence-electron chi connectivity index (χ1n) is 11.9. The molecule has 1 atom stereocenters. The number of hydrogen-bond acceptors (Lipinski definition) is 8. The van der Waals surface area contributed by atoms with E-state index in [1.165, 1.54) is 14.2 Å². The fraction of sp³-hybridized carbons (Fsp3) is 0.222. The molecule has 1 amide bonds. The second-order valence-electron chi connectivity index (χ2n) is 8.03. The number of carbonyl (C=O) groups is 2. The quantitative estimate of drug-likeness (QED) is 0.110. The molecule has 0 aliphatic rings. The van der Waals surface area contributed by atoms with Gasteiger partial charge in [0.25, 0.3) is 5.91 Å². The van der Waals surface area contributed by atoms with Crippen molar-refractivity contribution < 1.29 is 42.1 Å². The van der Waals surface area contributed by atoms with Crippen molar-refractivity contribution in [3.8, 4) is 17.2 Å². The van der Waals surface area contributed by atoms with Gasteiger partial charge in [0.1, 0.15) is 17.6 Å². The van der Waals surface area contributed by atoms with E-state index in [0.717, 1.165) is 5.69 Å². The third-order valence-electron chi connectivity index (χ3n) is 5.24. The predicted molar refractivity (Wildman–Crippen MR) is 146 cm³/mol. The van der Waals surface area contributed by atoms with Gasteiger partial charge in [-0.25, -0.2) is 4.79 Å². The zero-order chi connectivity index (χ0) is 30.6. The molecule has 3 aromatic carbocycles. The van der Waals surface area contributed by atoms with Crippen LogP contribution in [0.1, 0.15) is 24.1 Å². The Kier molecular flexibility index (Phi) is 11.6. The van der Waals surface area contributed by atoms with Gasteiger partial charge in [-0.1, -0.05) is 18.2 Å². The number of benzene rings is 3. The second kappa shape index (κ2) is 14.9. The summed E-state index contributed by atoms with van der Waals surface area (Å²) < 4.78 is 48.5. The van der Waals surface area contributed by atoms with Gasteiger partial charge < -0.3 is 30.4 Å². The van der Waals surface area contributed by atoms with E-state index >= 15 is 0 Å². The minimum atomic E-state index is -5.08. The summed E-state index contributed by atoms with van der Waals surface area (Å²) in [7, 11) is 3.07. The number of carboxylic acid groups (broad SMARTS) is 1. The van der Waals surface area contributed by atoms with Crippen molar-refractivity contribution in [1.29, 1.82) is 5.41 Å². The van der Waals surface area contributed by atoms with Crippen LogP contribution in [0.2, 0.25) is 0 Å². The van der Waals surface area contributed by atoms with E-state index in [4.69, 9.17) is 35.3 Å². The lowest BCUT2D eigenvalue weighted by Crippen LogP contribution is -2.37. The van der Waals surface area contributed by atoms with Gasteiger partial charge >= 0.3 is 12.1 Å². The van der Waals surface area contributed by atoms with Gasteiger partial charge in [0.05, 0.1) is 26.5 Å². The topological polar surface area (TPSA) is 168 Å². The minimum absolute atomic E-state index is 0.0357. The number of ether oxygens (including phenoxy) is 3. The first-order valence-corrected chi connectivity index (χ1v) is 11.9. The first kappa shape index (κ1) is 32.1.